The molecule has 0 saturated heterocycles. The minimum Gasteiger partial charge on any atom is -0.389 e. The van der Waals surface area contributed by atoms with E-state index in [-0.39, 0.29) is 0 Å². The summed E-state index contributed by atoms with van der Waals surface area (Å²) in [5, 5.41) is 12.5. The van der Waals surface area contributed by atoms with Crippen molar-refractivity contribution in [2.75, 3.05) is 24.6 Å². The molecule has 0 unspecified atom stereocenters. The van der Waals surface area contributed by atoms with Crippen LogP contribution in [0.2, 0.25) is 0 Å². The Bertz CT molecular complexity index is 146. The van der Waals surface area contributed by atoms with E-state index in [4.69, 9.17) is 6.42 Å². The third-order valence-corrected chi connectivity index (χ3v) is 2.03. The maximum Gasteiger partial charge on any atom is 0.0715 e. The summed E-state index contributed by atoms with van der Waals surface area (Å²) in [5.41, 5.74) is -0.614. The van der Waals surface area contributed by atoms with Gasteiger partial charge in [-0.2, -0.15) is 0 Å². The molecule has 0 aliphatic carbocycles. The van der Waals surface area contributed by atoms with Gasteiger partial charge in [-0.05, 0) is 13.8 Å². The van der Waals surface area contributed by atoms with Gasteiger partial charge in [-0.25, -0.2) is 0 Å². The molecule has 0 amide bonds. The SMILES string of the molecule is C#CCSCCNCC(C)(C)O. The van der Waals surface area contributed by atoms with Gasteiger partial charge in [-0.1, -0.05) is 5.92 Å². The molecule has 0 atom stereocenters. The highest BCUT2D eigenvalue weighted by Crippen LogP contribution is 1.98. The molecule has 2 N–H and O–H groups in total. The molecular weight excluding hydrogens is 170 g/mol. The van der Waals surface area contributed by atoms with E-state index in [1.165, 1.54) is 0 Å². The number of hydrogen-bond donors (Lipinski definition) is 2. The summed E-state index contributed by atoms with van der Waals surface area (Å²) >= 11 is 1.72. The number of rotatable bonds is 6. The van der Waals surface area contributed by atoms with Crippen LogP contribution >= 0.6 is 11.8 Å². The van der Waals surface area contributed by atoms with Crippen molar-refractivity contribution in [1.29, 1.82) is 0 Å². The van der Waals surface area contributed by atoms with Crippen LogP contribution in [-0.4, -0.2) is 35.3 Å². The Hall–Kier alpha value is -0.170. The smallest absolute Gasteiger partial charge is 0.0715 e. The molecule has 0 fully saturated rings. The minimum atomic E-state index is -0.614. The number of terminal acetylenes is 1. The van der Waals surface area contributed by atoms with Gasteiger partial charge in [0.1, 0.15) is 0 Å². The van der Waals surface area contributed by atoms with E-state index in [1.807, 2.05) is 0 Å². The van der Waals surface area contributed by atoms with E-state index in [0.717, 1.165) is 18.1 Å². The first-order valence-corrected chi connectivity index (χ1v) is 5.16. The van der Waals surface area contributed by atoms with Crippen LogP contribution in [0.25, 0.3) is 0 Å². The van der Waals surface area contributed by atoms with Gasteiger partial charge in [-0.3, -0.25) is 0 Å². The fraction of sp³-hybridized carbons (Fsp3) is 0.778. The second-order valence-corrected chi connectivity index (χ2v) is 4.35. The molecule has 0 aromatic rings. The number of aliphatic hydroxyl groups is 1. The van der Waals surface area contributed by atoms with E-state index >= 15 is 0 Å². The lowest BCUT2D eigenvalue weighted by Crippen LogP contribution is -2.35. The minimum absolute atomic E-state index is 0.614. The second kappa shape index (κ2) is 6.36. The van der Waals surface area contributed by atoms with Gasteiger partial charge >= 0.3 is 0 Å². The molecule has 3 heteroatoms. The first-order chi connectivity index (χ1) is 5.56. The fourth-order valence-electron chi connectivity index (χ4n) is 0.670. The van der Waals surface area contributed by atoms with Gasteiger partial charge in [0.15, 0.2) is 0 Å². The maximum atomic E-state index is 9.32. The molecule has 0 aromatic carbocycles. The third-order valence-electron chi connectivity index (χ3n) is 1.17. The molecular formula is C9H17NOS. The molecule has 0 aromatic heterocycles. The molecule has 2 nitrogen and oxygen atoms in total. The Morgan fingerprint density at radius 1 is 1.58 bits per heavy atom. The summed E-state index contributed by atoms with van der Waals surface area (Å²) in [4.78, 5) is 0. The summed E-state index contributed by atoms with van der Waals surface area (Å²) in [5.74, 6) is 4.33. The Labute approximate surface area is 79.1 Å². The number of nitrogens with one attached hydrogen (secondary N) is 1. The van der Waals surface area contributed by atoms with Gasteiger partial charge in [-0.15, -0.1) is 18.2 Å². The molecule has 0 aliphatic heterocycles. The summed E-state index contributed by atoms with van der Waals surface area (Å²) < 4.78 is 0. The van der Waals surface area contributed by atoms with Gasteiger partial charge in [0.25, 0.3) is 0 Å². The van der Waals surface area contributed by atoms with E-state index in [9.17, 15) is 5.11 Å². The first-order valence-electron chi connectivity index (χ1n) is 4.00. The number of hydrogen-bond acceptors (Lipinski definition) is 3. The van der Waals surface area contributed by atoms with Crippen molar-refractivity contribution in [2.24, 2.45) is 0 Å². The molecule has 0 spiro atoms. The summed E-state index contributed by atoms with van der Waals surface area (Å²) in [6.45, 7) is 5.10. The Balaban J connectivity index is 3.07. The van der Waals surface area contributed by atoms with Crippen LogP contribution in [0.1, 0.15) is 13.8 Å². The van der Waals surface area contributed by atoms with Crippen molar-refractivity contribution in [3.8, 4) is 12.3 Å². The van der Waals surface area contributed by atoms with Gasteiger partial charge in [0.2, 0.25) is 0 Å². The normalized spacial score (nSPS) is 11.2. The summed E-state index contributed by atoms with van der Waals surface area (Å²) in [7, 11) is 0. The van der Waals surface area contributed by atoms with Gasteiger partial charge in [0.05, 0.1) is 11.4 Å². The van der Waals surface area contributed by atoms with Gasteiger partial charge in [0, 0.05) is 18.8 Å². The highest BCUT2D eigenvalue weighted by Gasteiger charge is 2.10. The van der Waals surface area contributed by atoms with Crippen molar-refractivity contribution in [3.05, 3.63) is 0 Å². The lowest BCUT2D eigenvalue weighted by Gasteiger charge is -2.17. The third kappa shape index (κ3) is 9.83. The lowest BCUT2D eigenvalue weighted by atomic mass is 10.1. The van der Waals surface area contributed by atoms with E-state index in [0.29, 0.717) is 6.54 Å². The van der Waals surface area contributed by atoms with E-state index in [2.05, 4.69) is 11.2 Å². The highest BCUT2D eigenvalue weighted by atomic mass is 32.2. The highest BCUT2D eigenvalue weighted by molar-refractivity contribution is 7.99. The van der Waals surface area contributed by atoms with E-state index < -0.39 is 5.60 Å². The van der Waals surface area contributed by atoms with E-state index in [1.54, 1.807) is 25.6 Å². The molecule has 0 aliphatic rings. The number of thioether (sulfide) groups is 1. The topological polar surface area (TPSA) is 32.3 Å². The molecule has 0 saturated carbocycles. The quantitative estimate of drug-likeness (QED) is 0.474. The average Bonchev–Trinajstić information content (AvgIpc) is 1.94. The Morgan fingerprint density at radius 3 is 2.75 bits per heavy atom. The fourth-order valence-corrected chi connectivity index (χ4v) is 1.22. The molecule has 0 radical (unpaired) electrons. The zero-order valence-corrected chi connectivity index (χ0v) is 8.58. The zero-order chi connectivity index (χ0) is 9.45. The molecule has 0 bridgehead atoms. The van der Waals surface area contributed by atoms with Crippen molar-refractivity contribution in [2.45, 2.75) is 19.4 Å². The van der Waals surface area contributed by atoms with Crippen molar-refractivity contribution >= 4 is 11.8 Å². The predicted octanol–water partition coefficient (Wildman–Crippen LogP) is 0.713. The first kappa shape index (κ1) is 11.8. The monoisotopic (exact) mass is 187 g/mol. The molecule has 12 heavy (non-hydrogen) atoms. The van der Waals surface area contributed by atoms with Crippen molar-refractivity contribution in [1.82, 2.24) is 5.32 Å². The summed E-state index contributed by atoms with van der Waals surface area (Å²) in [6.07, 6.45) is 5.08. The van der Waals surface area contributed by atoms with Crippen LogP contribution in [0.15, 0.2) is 0 Å². The standard InChI is InChI=1S/C9H17NOS/c1-4-6-12-7-5-10-8-9(2,3)11/h1,10-11H,5-8H2,2-3H3. The van der Waals surface area contributed by atoms with Crippen LogP contribution in [0.4, 0.5) is 0 Å². The lowest BCUT2D eigenvalue weighted by molar-refractivity contribution is 0.0806. The Kier molecular flexibility index (Phi) is 6.27. The van der Waals surface area contributed by atoms with Crippen molar-refractivity contribution < 1.29 is 5.11 Å². The average molecular weight is 187 g/mol. The Morgan fingerprint density at radius 2 is 2.25 bits per heavy atom. The van der Waals surface area contributed by atoms with Crippen LogP contribution in [0.3, 0.4) is 0 Å². The molecule has 0 rings (SSSR count). The van der Waals surface area contributed by atoms with Crippen LogP contribution in [0.5, 0.6) is 0 Å². The molecule has 70 valence electrons. The summed E-state index contributed by atoms with van der Waals surface area (Å²) in [6, 6.07) is 0. The van der Waals surface area contributed by atoms with Crippen molar-refractivity contribution in [3.63, 3.8) is 0 Å². The zero-order valence-electron chi connectivity index (χ0n) is 7.76. The maximum absolute atomic E-state index is 9.32. The van der Waals surface area contributed by atoms with Crippen LogP contribution in [0, 0.1) is 12.3 Å². The second-order valence-electron chi connectivity index (χ2n) is 3.25. The van der Waals surface area contributed by atoms with Gasteiger partial charge < -0.3 is 10.4 Å². The largest absolute Gasteiger partial charge is 0.389 e. The molecule has 0 heterocycles. The predicted molar refractivity (Wildman–Crippen MR) is 55.3 cm³/mol. The van der Waals surface area contributed by atoms with Crippen LogP contribution < -0.4 is 5.32 Å². The van der Waals surface area contributed by atoms with Crippen LogP contribution in [-0.2, 0) is 0 Å².